The van der Waals surface area contributed by atoms with Crippen LogP contribution in [0.2, 0.25) is 0 Å². The number of rotatable bonds is 5. The van der Waals surface area contributed by atoms with E-state index in [1.165, 1.54) is 0 Å². The molecule has 2 atom stereocenters. The van der Waals surface area contributed by atoms with Crippen molar-refractivity contribution in [1.29, 1.82) is 0 Å². The predicted molar refractivity (Wildman–Crippen MR) is 77.9 cm³/mol. The third-order valence-electron chi connectivity index (χ3n) is 3.98. The van der Waals surface area contributed by atoms with Gasteiger partial charge in [-0.2, -0.15) is 0 Å². The lowest BCUT2D eigenvalue weighted by atomic mass is 9.83. The monoisotopic (exact) mass is 256 g/mol. The second-order valence-electron chi connectivity index (χ2n) is 6.83. The first-order valence-electron chi connectivity index (χ1n) is 7.41. The lowest BCUT2D eigenvalue weighted by Gasteiger charge is -2.47. The molecular weight excluding hydrogens is 224 g/mol. The third kappa shape index (κ3) is 4.52. The summed E-state index contributed by atoms with van der Waals surface area (Å²) < 4.78 is 5.53. The summed E-state index contributed by atoms with van der Waals surface area (Å²) in [7, 11) is 0. The largest absolute Gasteiger partial charge is 0.380 e. The summed E-state index contributed by atoms with van der Waals surface area (Å²) >= 11 is 0. The van der Waals surface area contributed by atoms with Gasteiger partial charge in [0.15, 0.2) is 0 Å². The van der Waals surface area contributed by atoms with Crippen LogP contribution in [0.3, 0.4) is 0 Å². The van der Waals surface area contributed by atoms with E-state index >= 15 is 0 Å². The molecule has 0 spiro atoms. The number of nitrogens with one attached hydrogen (secondary N) is 1. The van der Waals surface area contributed by atoms with Crippen LogP contribution in [0.5, 0.6) is 0 Å². The predicted octanol–water partition coefficient (Wildman–Crippen LogP) is 2.37. The first kappa shape index (κ1) is 15.9. The van der Waals surface area contributed by atoms with Crippen LogP contribution in [0.4, 0.5) is 0 Å². The molecule has 0 aromatic rings. The smallest absolute Gasteiger partial charge is 0.0593 e. The second-order valence-corrected chi connectivity index (χ2v) is 6.83. The van der Waals surface area contributed by atoms with Crippen molar-refractivity contribution in [2.24, 2.45) is 11.3 Å². The topological polar surface area (TPSA) is 24.5 Å². The van der Waals surface area contributed by atoms with Crippen LogP contribution < -0.4 is 5.32 Å². The molecule has 0 aromatic heterocycles. The number of ether oxygens (including phenoxy) is 1. The van der Waals surface area contributed by atoms with Gasteiger partial charge in [-0.15, -0.1) is 0 Å². The number of hydrogen-bond donors (Lipinski definition) is 1. The van der Waals surface area contributed by atoms with Crippen molar-refractivity contribution in [2.45, 2.75) is 53.6 Å². The lowest BCUT2D eigenvalue weighted by molar-refractivity contribution is 0.0206. The van der Waals surface area contributed by atoms with Gasteiger partial charge in [0, 0.05) is 38.3 Å². The second kappa shape index (κ2) is 6.88. The summed E-state index contributed by atoms with van der Waals surface area (Å²) in [4.78, 5) is 2.62. The zero-order valence-electron chi connectivity index (χ0n) is 13.1. The molecule has 1 fully saturated rings. The maximum Gasteiger partial charge on any atom is 0.0593 e. The summed E-state index contributed by atoms with van der Waals surface area (Å²) in [6.45, 7) is 18.6. The molecule has 1 N–H and O–H groups in total. The fourth-order valence-electron chi connectivity index (χ4n) is 2.71. The van der Waals surface area contributed by atoms with Gasteiger partial charge >= 0.3 is 0 Å². The number of hydrogen-bond acceptors (Lipinski definition) is 3. The summed E-state index contributed by atoms with van der Waals surface area (Å²) in [6.07, 6.45) is 0. The Labute approximate surface area is 113 Å². The van der Waals surface area contributed by atoms with Crippen LogP contribution in [0.15, 0.2) is 0 Å². The standard InChI is InChI=1S/C15H32N2O/c1-7-18-9-8-17-11-13(12(2)3)16-10-14(17)15(4,5)6/h12-14,16H,7-11H2,1-6H3. The molecule has 0 amide bonds. The molecule has 0 aliphatic carbocycles. The van der Waals surface area contributed by atoms with Gasteiger partial charge in [0.25, 0.3) is 0 Å². The molecule has 0 saturated carbocycles. The van der Waals surface area contributed by atoms with Gasteiger partial charge in [-0.05, 0) is 18.3 Å². The van der Waals surface area contributed by atoms with Gasteiger partial charge in [0.2, 0.25) is 0 Å². The Hall–Kier alpha value is -0.120. The molecule has 1 rings (SSSR count). The van der Waals surface area contributed by atoms with E-state index in [0.717, 1.165) is 32.8 Å². The normalized spacial score (nSPS) is 26.8. The van der Waals surface area contributed by atoms with Crippen molar-refractivity contribution >= 4 is 0 Å². The van der Waals surface area contributed by atoms with Crippen molar-refractivity contribution in [3.05, 3.63) is 0 Å². The molecule has 0 aromatic carbocycles. The van der Waals surface area contributed by atoms with Crippen molar-refractivity contribution in [3.63, 3.8) is 0 Å². The highest BCUT2D eigenvalue weighted by atomic mass is 16.5. The summed E-state index contributed by atoms with van der Waals surface area (Å²) in [6, 6.07) is 1.22. The van der Waals surface area contributed by atoms with E-state index < -0.39 is 0 Å². The molecule has 2 unspecified atom stereocenters. The maximum absolute atomic E-state index is 5.53. The van der Waals surface area contributed by atoms with Crippen molar-refractivity contribution in [3.8, 4) is 0 Å². The summed E-state index contributed by atoms with van der Waals surface area (Å²) in [5.41, 5.74) is 0.321. The van der Waals surface area contributed by atoms with Crippen molar-refractivity contribution < 1.29 is 4.74 Å². The number of nitrogens with zero attached hydrogens (tertiary/aromatic N) is 1. The molecule has 3 nitrogen and oxygen atoms in total. The first-order chi connectivity index (χ1) is 8.36. The van der Waals surface area contributed by atoms with Crippen molar-refractivity contribution in [1.82, 2.24) is 10.2 Å². The highest BCUT2D eigenvalue weighted by molar-refractivity contribution is 4.93. The van der Waals surface area contributed by atoms with Crippen molar-refractivity contribution in [2.75, 3.05) is 32.8 Å². The molecule has 1 saturated heterocycles. The Balaban J connectivity index is 2.61. The van der Waals surface area contributed by atoms with Crippen LogP contribution >= 0.6 is 0 Å². The van der Waals surface area contributed by atoms with Crippen LogP contribution in [-0.2, 0) is 4.74 Å². The minimum absolute atomic E-state index is 0.321. The fraction of sp³-hybridized carbons (Fsp3) is 1.00. The molecule has 1 aliphatic heterocycles. The number of piperazine rings is 1. The zero-order chi connectivity index (χ0) is 13.8. The van der Waals surface area contributed by atoms with Crippen LogP contribution in [0, 0.1) is 11.3 Å². The van der Waals surface area contributed by atoms with Crippen LogP contribution in [0.1, 0.15) is 41.5 Å². The summed E-state index contributed by atoms with van der Waals surface area (Å²) in [5, 5.41) is 3.71. The Bertz CT molecular complexity index is 235. The van der Waals surface area contributed by atoms with Gasteiger partial charge in [-0.3, -0.25) is 4.90 Å². The molecule has 0 radical (unpaired) electrons. The molecule has 3 heteroatoms. The highest BCUT2D eigenvalue weighted by Crippen LogP contribution is 2.27. The Morgan fingerprint density at radius 1 is 1.33 bits per heavy atom. The van der Waals surface area contributed by atoms with E-state index in [1.54, 1.807) is 0 Å². The zero-order valence-corrected chi connectivity index (χ0v) is 13.1. The van der Waals surface area contributed by atoms with Crippen LogP contribution in [-0.4, -0.2) is 49.8 Å². The molecule has 108 valence electrons. The lowest BCUT2D eigenvalue weighted by Crippen LogP contribution is -2.62. The van der Waals surface area contributed by atoms with E-state index in [1.807, 2.05) is 0 Å². The molecule has 1 heterocycles. The van der Waals surface area contributed by atoms with Gasteiger partial charge in [-0.25, -0.2) is 0 Å². The maximum atomic E-state index is 5.53. The molecular formula is C15H32N2O. The SMILES string of the molecule is CCOCCN1CC(C(C)C)NCC1C(C)(C)C. The quantitative estimate of drug-likeness (QED) is 0.764. The fourth-order valence-corrected chi connectivity index (χ4v) is 2.71. The third-order valence-corrected chi connectivity index (χ3v) is 3.98. The summed E-state index contributed by atoms with van der Waals surface area (Å²) in [5.74, 6) is 0.695. The molecule has 0 bridgehead atoms. The van der Waals surface area contributed by atoms with E-state index in [2.05, 4.69) is 51.8 Å². The minimum Gasteiger partial charge on any atom is -0.380 e. The minimum atomic E-state index is 0.321. The molecule has 18 heavy (non-hydrogen) atoms. The Morgan fingerprint density at radius 2 is 2.00 bits per heavy atom. The average Bonchev–Trinajstić information content (AvgIpc) is 2.27. The Kier molecular flexibility index (Phi) is 6.09. The van der Waals surface area contributed by atoms with Gasteiger partial charge < -0.3 is 10.1 Å². The van der Waals surface area contributed by atoms with Gasteiger partial charge in [-0.1, -0.05) is 34.6 Å². The molecule has 1 aliphatic rings. The average molecular weight is 256 g/mol. The first-order valence-corrected chi connectivity index (χ1v) is 7.41. The Morgan fingerprint density at radius 3 is 2.50 bits per heavy atom. The van der Waals surface area contributed by atoms with Gasteiger partial charge in [0.1, 0.15) is 0 Å². The van der Waals surface area contributed by atoms with Gasteiger partial charge in [0.05, 0.1) is 6.61 Å². The van der Waals surface area contributed by atoms with E-state index in [9.17, 15) is 0 Å². The highest BCUT2D eigenvalue weighted by Gasteiger charge is 2.35. The van der Waals surface area contributed by atoms with E-state index in [0.29, 0.717) is 23.4 Å². The van der Waals surface area contributed by atoms with E-state index in [4.69, 9.17) is 4.74 Å². The van der Waals surface area contributed by atoms with E-state index in [-0.39, 0.29) is 0 Å². The van der Waals surface area contributed by atoms with Crippen LogP contribution in [0.25, 0.3) is 0 Å².